The lowest BCUT2D eigenvalue weighted by molar-refractivity contribution is 0.447. The first kappa shape index (κ1) is 13.8. The minimum Gasteiger partial charge on any atom is -0.460 e. The Morgan fingerprint density at radius 1 is 1.40 bits per heavy atom. The zero-order valence-electron chi connectivity index (χ0n) is 11.8. The Hall–Kier alpha value is -1.20. The second-order valence-electron chi connectivity index (χ2n) is 5.37. The highest BCUT2D eigenvalue weighted by Gasteiger charge is 2.14. The third-order valence-corrected chi connectivity index (χ3v) is 4.84. The molecule has 3 heterocycles. The molecule has 0 atom stereocenters. The van der Waals surface area contributed by atoms with Crippen LogP contribution in [0.15, 0.2) is 22.7 Å². The van der Waals surface area contributed by atoms with Gasteiger partial charge in [-0.15, -0.1) is 0 Å². The van der Waals surface area contributed by atoms with Gasteiger partial charge in [-0.3, -0.25) is 5.10 Å². The Balaban J connectivity index is 1.56. The molecule has 5 heteroatoms. The number of nitrogens with one attached hydrogen (secondary N) is 2. The van der Waals surface area contributed by atoms with Crippen LogP contribution in [0.4, 0.5) is 0 Å². The fourth-order valence-corrected chi connectivity index (χ4v) is 3.79. The van der Waals surface area contributed by atoms with Crippen molar-refractivity contribution in [2.75, 3.05) is 18.1 Å². The fourth-order valence-electron chi connectivity index (χ4n) is 2.59. The van der Waals surface area contributed by atoms with E-state index in [0.717, 1.165) is 36.2 Å². The highest BCUT2D eigenvalue weighted by atomic mass is 32.2. The third kappa shape index (κ3) is 3.27. The first-order valence-electron chi connectivity index (χ1n) is 7.20. The van der Waals surface area contributed by atoms with Gasteiger partial charge in [-0.25, -0.2) is 0 Å². The summed E-state index contributed by atoms with van der Waals surface area (Å²) in [5.74, 6) is 5.25. The lowest BCUT2D eigenvalue weighted by atomic mass is 10.0. The lowest BCUT2D eigenvalue weighted by Crippen LogP contribution is -2.25. The molecule has 1 saturated heterocycles. The molecule has 1 aliphatic heterocycles. The molecule has 20 heavy (non-hydrogen) atoms. The predicted molar refractivity (Wildman–Crippen MR) is 82.8 cm³/mol. The molecular weight excluding hydrogens is 270 g/mol. The smallest absolute Gasteiger partial charge is 0.152 e. The van der Waals surface area contributed by atoms with Crippen LogP contribution in [-0.2, 0) is 6.54 Å². The van der Waals surface area contributed by atoms with Gasteiger partial charge >= 0.3 is 0 Å². The van der Waals surface area contributed by atoms with Gasteiger partial charge in [0.05, 0.1) is 6.20 Å². The quantitative estimate of drug-likeness (QED) is 0.888. The van der Waals surface area contributed by atoms with E-state index in [1.165, 1.54) is 29.9 Å². The van der Waals surface area contributed by atoms with Crippen molar-refractivity contribution in [1.82, 2.24) is 15.5 Å². The highest BCUT2D eigenvalue weighted by Crippen LogP contribution is 2.24. The number of aromatic nitrogens is 2. The van der Waals surface area contributed by atoms with Crippen LogP contribution in [0.25, 0.3) is 11.5 Å². The third-order valence-electron chi connectivity index (χ3n) is 3.79. The summed E-state index contributed by atoms with van der Waals surface area (Å²) in [4.78, 5) is 0. The largest absolute Gasteiger partial charge is 0.460 e. The normalized spacial score (nSPS) is 16.6. The summed E-state index contributed by atoms with van der Waals surface area (Å²) >= 11 is 2.08. The van der Waals surface area contributed by atoms with Crippen molar-refractivity contribution >= 4 is 11.8 Å². The van der Waals surface area contributed by atoms with Gasteiger partial charge in [0.15, 0.2) is 5.76 Å². The Morgan fingerprint density at radius 2 is 2.25 bits per heavy atom. The molecule has 1 fully saturated rings. The molecule has 0 unspecified atom stereocenters. The molecule has 2 N–H and O–H groups in total. The lowest BCUT2D eigenvalue weighted by Gasteiger charge is -2.21. The molecule has 1 aliphatic rings. The van der Waals surface area contributed by atoms with E-state index in [4.69, 9.17) is 4.42 Å². The summed E-state index contributed by atoms with van der Waals surface area (Å²) < 4.78 is 5.66. The maximum Gasteiger partial charge on any atom is 0.152 e. The van der Waals surface area contributed by atoms with Crippen LogP contribution in [0.1, 0.15) is 24.2 Å². The first-order chi connectivity index (χ1) is 9.83. The van der Waals surface area contributed by atoms with Gasteiger partial charge in [0.2, 0.25) is 0 Å². The van der Waals surface area contributed by atoms with E-state index in [9.17, 15) is 0 Å². The topological polar surface area (TPSA) is 53.9 Å². The number of nitrogens with zero attached hydrogens (tertiary/aromatic N) is 1. The average Bonchev–Trinajstić information content (AvgIpc) is 3.09. The molecule has 0 spiro atoms. The summed E-state index contributed by atoms with van der Waals surface area (Å²) in [6.07, 6.45) is 4.57. The number of thioether (sulfide) groups is 1. The fraction of sp³-hybridized carbons (Fsp3) is 0.533. The molecule has 3 rings (SSSR count). The van der Waals surface area contributed by atoms with Gasteiger partial charge in [0, 0.05) is 12.1 Å². The van der Waals surface area contributed by atoms with Crippen LogP contribution in [0.2, 0.25) is 0 Å². The van der Waals surface area contributed by atoms with Crippen LogP contribution in [0.5, 0.6) is 0 Å². The highest BCUT2D eigenvalue weighted by molar-refractivity contribution is 7.99. The number of furan rings is 1. The second-order valence-corrected chi connectivity index (χ2v) is 6.59. The first-order valence-corrected chi connectivity index (χ1v) is 8.36. The van der Waals surface area contributed by atoms with Crippen molar-refractivity contribution in [3.63, 3.8) is 0 Å². The summed E-state index contributed by atoms with van der Waals surface area (Å²) in [5.41, 5.74) is 2.16. The van der Waals surface area contributed by atoms with E-state index in [1.807, 2.05) is 25.3 Å². The van der Waals surface area contributed by atoms with Crippen molar-refractivity contribution in [1.29, 1.82) is 0 Å². The van der Waals surface area contributed by atoms with E-state index in [-0.39, 0.29) is 0 Å². The van der Waals surface area contributed by atoms with Gasteiger partial charge < -0.3 is 9.73 Å². The minimum absolute atomic E-state index is 0.831. The van der Waals surface area contributed by atoms with Crippen LogP contribution in [-0.4, -0.2) is 28.2 Å². The maximum atomic E-state index is 5.66. The number of aromatic amines is 1. The molecule has 2 aromatic heterocycles. The van der Waals surface area contributed by atoms with Crippen molar-refractivity contribution < 1.29 is 4.42 Å². The molecule has 4 nitrogen and oxygen atoms in total. The minimum atomic E-state index is 0.831. The van der Waals surface area contributed by atoms with Gasteiger partial charge in [-0.1, -0.05) is 0 Å². The zero-order chi connectivity index (χ0) is 13.8. The Bertz CT molecular complexity index is 543. The van der Waals surface area contributed by atoms with Crippen LogP contribution >= 0.6 is 11.8 Å². The van der Waals surface area contributed by atoms with Crippen LogP contribution < -0.4 is 5.32 Å². The number of hydrogen-bond acceptors (Lipinski definition) is 4. The van der Waals surface area contributed by atoms with Gasteiger partial charge in [-0.05, 0) is 55.9 Å². The summed E-state index contributed by atoms with van der Waals surface area (Å²) in [7, 11) is 0. The molecule has 2 aromatic rings. The standard InChI is InChI=1S/C15H21N3OS/c1-11-2-3-14(19-11)15-13(10-17-18-15)9-16-8-12-4-6-20-7-5-12/h2-3,10,12,16H,4-9H2,1H3,(H,17,18). The molecule has 0 aromatic carbocycles. The maximum absolute atomic E-state index is 5.66. The number of H-pyrrole nitrogens is 1. The van der Waals surface area contributed by atoms with Crippen molar-refractivity contribution in [3.05, 3.63) is 29.7 Å². The molecule has 0 radical (unpaired) electrons. The monoisotopic (exact) mass is 291 g/mol. The predicted octanol–water partition coefficient (Wildman–Crippen LogP) is 3.21. The van der Waals surface area contributed by atoms with E-state index in [0.29, 0.717) is 0 Å². The molecule has 0 aliphatic carbocycles. The summed E-state index contributed by atoms with van der Waals surface area (Å²) in [5, 5.41) is 10.7. The molecular formula is C15H21N3OS. The van der Waals surface area contributed by atoms with Gasteiger partial charge in [0.25, 0.3) is 0 Å². The Kier molecular flexibility index (Phi) is 4.47. The van der Waals surface area contributed by atoms with E-state index < -0.39 is 0 Å². The van der Waals surface area contributed by atoms with Crippen molar-refractivity contribution in [2.45, 2.75) is 26.3 Å². The van der Waals surface area contributed by atoms with E-state index >= 15 is 0 Å². The van der Waals surface area contributed by atoms with Crippen molar-refractivity contribution in [3.8, 4) is 11.5 Å². The van der Waals surface area contributed by atoms with Crippen LogP contribution in [0, 0.1) is 12.8 Å². The molecule has 108 valence electrons. The summed E-state index contributed by atoms with van der Waals surface area (Å²) in [6.45, 7) is 3.90. The van der Waals surface area contributed by atoms with Gasteiger partial charge in [-0.2, -0.15) is 16.9 Å². The number of hydrogen-bond donors (Lipinski definition) is 2. The SMILES string of the molecule is Cc1ccc(-c2[nH]ncc2CNCC2CCSCC2)o1. The molecule has 0 amide bonds. The Morgan fingerprint density at radius 3 is 3.00 bits per heavy atom. The summed E-state index contributed by atoms with van der Waals surface area (Å²) in [6, 6.07) is 3.97. The van der Waals surface area contributed by atoms with Crippen LogP contribution in [0.3, 0.4) is 0 Å². The number of aryl methyl sites for hydroxylation is 1. The van der Waals surface area contributed by atoms with Crippen molar-refractivity contribution in [2.24, 2.45) is 5.92 Å². The van der Waals surface area contributed by atoms with Gasteiger partial charge in [0.1, 0.15) is 11.5 Å². The Labute approximate surface area is 123 Å². The number of rotatable bonds is 5. The zero-order valence-corrected chi connectivity index (χ0v) is 12.6. The van der Waals surface area contributed by atoms with E-state index in [1.54, 1.807) is 0 Å². The average molecular weight is 291 g/mol. The molecule has 0 saturated carbocycles. The van der Waals surface area contributed by atoms with E-state index in [2.05, 4.69) is 27.3 Å². The second kappa shape index (κ2) is 6.50. The molecule has 0 bridgehead atoms.